The first-order chi connectivity index (χ1) is 12.6. The molecular weight excluding hydrogens is 324 g/mol. The van der Waals surface area contributed by atoms with Gasteiger partial charge in [0.15, 0.2) is 5.82 Å². The van der Waals surface area contributed by atoms with Crippen LogP contribution in [-0.2, 0) is 0 Å². The summed E-state index contributed by atoms with van der Waals surface area (Å²) in [5.74, 6) is 2.01. The van der Waals surface area contributed by atoms with Gasteiger partial charge < -0.3 is 14.5 Å². The van der Waals surface area contributed by atoms with E-state index in [1.807, 2.05) is 6.07 Å². The van der Waals surface area contributed by atoms with Gasteiger partial charge in [-0.15, -0.1) is 5.10 Å². The van der Waals surface area contributed by atoms with E-state index in [-0.39, 0.29) is 0 Å². The molecule has 1 aromatic carbocycles. The molecule has 1 aromatic heterocycles. The Morgan fingerprint density at radius 1 is 1.27 bits per heavy atom. The second kappa shape index (κ2) is 8.99. The third-order valence-corrected chi connectivity index (χ3v) is 5.04. The van der Waals surface area contributed by atoms with Gasteiger partial charge in [-0.05, 0) is 69.5 Å². The van der Waals surface area contributed by atoms with Gasteiger partial charge in [-0.3, -0.25) is 0 Å². The number of hydrogen-bond acceptors (Lipinski definition) is 5. The molecule has 26 heavy (non-hydrogen) atoms. The number of ether oxygens (including phenoxy) is 1. The zero-order chi connectivity index (χ0) is 18.4. The maximum absolute atomic E-state index is 5.97. The number of aryl methyl sites for hydroxylation is 2. The van der Waals surface area contributed by atoms with Crippen LogP contribution < -0.4 is 9.64 Å². The van der Waals surface area contributed by atoms with Crippen LogP contribution in [0.2, 0.25) is 0 Å². The second-order valence-corrected chi connectivity index (χ2v) is 7.30. The van der Waals surface area contributed by atoms with Crippen LogP contribution in [0.1, 0.15) is 30.4 Å². The summed E-state index contributed by atoms with van der Waals surface area (Å²) in [5.41, 5.74) is 2.45. The first-order valence-electron chi connectivity index (χ1n) is 9.56. The van der Waals surface area contributed by atoms with Gasteiger partial charge in [0.1, 0.15) is 5.75 Å². The zero-order valence-electron chi connectivity index (χ0n) is 16.2. The molecule has 2 aromatic rings. The molecule has 3 rings (SSSR count). The van der Waals surface area contributed by atoms with Crippen LogP contribution in [0.4, 0.5) is 5.82 Å². The lowest BCUT2D eigenvalue weighted by Crippen LogP contribution is -2.39. The quantitative estimate of drug-likeness (QED) is 0.679. The number of hydrogen-bond donors (Lipinski definition) is 0. The van der Waals surface area contributed by atoms with Gasteiger partial charge >= 0.3 is 0 Å². The average molecular weight is 354 g/mol. The fourth-order valence-corrected chi connectivity index (χ4v) is 3.60. The first-order valence-corrected chi connectivity index (χ1v) is 9.56. The third kappa shape index (κ3) is 4.94. The summed E-state index contributed by atoms with van der Waals surface area (Å²) >= 11 is 0. The number of likely N-dealkylation sites (N-methyl/N-ethyl adjacent to an activating group) is 1. The van der Waals surface area contributed by atoms with E-state index in [1.165, 1.54) is 24.0 Å². The summed E-state index contributed by atoms with van der Waals surface area (Å²) in [6.45, 7) is 8.13. The lowest BCUT2D eigenvalue weighted by atomic mass is 10.1. The topological polar surface area (TPSA) is 41.5 Å². The molecule has 1 atom stereocenters. The van der Waals surface area contributed by atoms with Gasteiger partial charge in [-0.25, -0.2) is 0 Å². The van der Waals surface area contributed by atoms with Crippen molar-refractivity contribution in [3.05, 3.63) is 47.7 Å². The molecule has 1 aliphatic heterocycles. The summed E-state index contributed by atoms with van der Waals surface area (Å²) < 4.78 is 5.97. The second-order valence-electron chi connectivity index (χ2n) is 7.30. The molecule has 1 saturated heterocycles. The van der Waals surface area contributed by atoms with Crippen molar-refractivity contribution in [1.82, 2.24) is 15.1 Å². The lowest BCUT2D eigenvalue weighted by Gasteiger charge is -2.29. The van der Waals surface area contributed by atoms with E-state index in [2.05, 4.69) is 65.2 Å². The van der Waals surface area contributed by atoms with Crippen LogP contribution in [-0.4, -0.2) is 54.4 Å². The van der Waals surface area contributed by atoms with E-state index < -0.39 is 0 Å². The van der Waals surface area contributed by atoms with Crippen molar-refractivity contribution in [2.24, 2.45) is 0 Å². The van der Waals surface area contributed by atoms with E-state index in [0.717, 1.165) is 44.2 Å². The van der Waals surface area contributed by atoms with Gasteiger partial charge in [0.25, 0.3) is 0 Å². The molecule has 5 heteroatoms. The Bertz CT molecular complexity index is 692. The van der Waals surface area contributed by atoms with Gasteiger partial charge in [-0.2, -0.15) is 5.10 Å². The van der Waals surface area contributed by atoms with E-state index in [9.17, 15) is 0 Å². The summed E-state index contributed by atoms with van der Waals surface area (Å²) in [4.78, 5) is 4.81. The monoisotopic (exact) mass is 354 g/mol. The Kier molecular flexibility index (Phi) is 6.45. The minimum Gasteiger partial charge on any atom is -0.493 e. The molecule has 2 heterocycles. The van der Waals surface area contributed by atoms with Crippen LogP contribution >= 0.6 is 0 Å². The lowest BCUT2D eigenvalue weighted by molar-refractivity contribution is 0.253. The molecule has 0 saturated carbocycles. The van der Waals surface area contributed by atoms with Crippen molar-refractivity contribution in [2.75, 3.05) is 38.2 Å². The van der Waals surface area contributed by atoms with E-state index >= 15 is 0 Å². The molecule has 0 aliphatic carbocycles. The van der Waals surface area contributed by atoms with Crippen LogP contribution in [0, 0.1) is 13.8 Å². The Hall–Kier alpha value is -2.14. The van der Waals surface area contributed by atoms with Crippen LogP contribution in [0.15, 0.2) is 36.5 Å². The molecule has 0 radical (unpaired) electrons. The highest BCUT2D eigenvalue weighted by atomic mass is 16.5. The molecule has 0 amide bonds. The molecule has 140 valence electrons. The molecule has 0 N–H and O–H groups in total. The van der Waals surface area contributed by atoms with Crippen molar-refractivity contribution in [3.63, 3.8) is 0 Å². The van der Waals surface area contributed by atoms with Crippen LogP contribution in [0.3, 0.4) is 0 Å². The third-order valence-electron chi connectivity index (χ3n) is 5.04. The van der Waals surface area contributed by atoms with Crippen LogP contribution in [0.5, 0.6) is 5.75 Å². The van der Waals surface area contributed by atoms with Crippen molar-refractivity contribution in [1.29, 1.82) is 0 Å². The Morgan fingerprint density at radius 3 is 2.96 bits per heavy atom. The summed E-state index contributed by atoms with van der Waals surface area (Å²) in [7, 11) is 2.20. The molecule has 1 unspecified atom stereocenters. The van der Waals surface area contributed by atoms with E-state index in [4.69, 9.17) is 4.74 Å². The van der Waals surface area contributed by atoms with Crippen molar-refractivity contribution >= 4 is 5.82 Å². The van der Waals surface area contributed by atoms with Crippen molar-refractivity contribution < 1.29 is 4.74 Å². The molecule has 0 spiro atoms. The smallest absolute Gasteiger partial charge is 0.151 e. The number of nitrogens with zero attached hydrogens (tertiary/aromatic N) is 4. The average Bonchev–Trinajstić information content (AvgIpc) is 3.10. The normalized spacial score (nSPS) is 17.1. The first kappa shape index (κ1) is 18.6. The largest absolute Gasteiger partial charge is 0.493 e. The predicted molar refractivity (Wildman–Crippen MR) is 106 cm³/mol. The molecule has 5 nitrogen and oxygen atoms in total. The summed E-state index contributed by atoms with van der Waals surface area (Å²) in [6, 6.07) is 10.9. The molecular formula is C21H30N4O. The molecule has 1 aliphatic rings. The Labute approximate surface area is 157 Å². The van der Waals surface area contributed by atoms with Gasteiger partial charge in [0.2, 0.25) is 0 Å². The molecule has 0 bridgehead atoms. The minimum absolute atomic E-state index is 0.525. The maximum Gasteiger partial charge on any atom is 0.151 e. The predicted octanol–water partition coefficient (Wildman–Crippen LogP) is 3.46. The molecule has 1 fully saturated rings. The standard InChI is InChI=1S/C21H30N4O/c1-17-9-10-18(2)20(15-17)26-14-6-12-24(3)16-19-7-5-13-25(19)21-8-4-11-22-23-21/h4,8-11,15,19H,5-7,12-14,16H2,1-3H3. The minimum atomic E-state index is 0.525. The van der Waals surface area contributed by atoms with Crippen LogP contribution in [0.25, 0.3) is 0 Å². The zero-order valence-corrected chi connectivity index (χ0v) is 16.2. The number of anilines is 1. The highest BCUT2D eigenvalue weighted by Gasteiger charge is 2.26. The maximum atomic E-state index is 5.97. The summed E-state index contributed by atoms with van der Waals surface area (Å²) in [5, 5.41) is 8.30. The summed E-state index contributed by atoms with van der Waals surface area (Å²) in [6.07, 6.45) is 5.21. The SMILES string of the molecule is Cc1ccc(C)c(OCCCN(C)CC2CCCN2c2cccnn2)c1. The van der Waals surface area contributed by atoms with Crippen molar-refractivity contribution in [3.8, 4) is 5.75 Å². The van der Waals surface area contributed by atoms with Gasteiger partial charge in [-0.1, -0.05) is 12.1 Å². The van der Waals surface area contributed by atoms with Gasteiger partial charge in [0, 0.05) is 31.9 Å². The Morgan fingerprint density at radius 2 is 2.15 bits per heavy atom. The van der Waals surface area contributed by atoms with Gasteiger partial charge in [0.05, 0.1) is 6.61 Å². The van der Waals surface area contributed by atoms with E-state index in [0.29, 0.717) is 6.04 Å². The highest BCUT2D eigenvalue weighted by molar-refractivity contribution is 5.39. The van der Waals surface area contributed by atoms with E-state index in [1.54, 1.807) is 6.20 Å². The van der Waals surface area contributed by atoms with Crippen molar-refractivity contribution in [2.45, 2.75) is 39.2 Å². The number of benzene rings is 1. The fourth-order valence-electron chi connectivity index (χ4n) is 3.60. The number of aromatic nitrogens is 2. The fraction of sp³-hybridized carbons (Fsp3) is 0.524. The highest BCUT2D eigenvalue weighted by Crippen LogP contribution is 2.23. The number of rotatable bonds is 8. The Balaban J connectivity index is 1.42.